The monoisotopic (exact) mass is 369 g/mol. The molecule has 0 aliphatic carbocycles. The third-order valence-corrected chi connectivity index (χ3v) is 3.87. The zero-order valence-electron chi connectivity index (χ0n) is 15.0. The van der Waals surface area contributed by atoms with E-state index in [4.69, 9.17) is 19.9 Å². The van der Waals surface area contributed by atoms with Crippen LogP contribution in [0.15, 0.2) is 11.0 Å². The Bertz CT molecular complexity index is 718. The van der Waals surface area contributed by atoms with Gasteiger partial charge in [-0.05, 0) is 6.42 Å². The highest BCUT2D eigenvalue weighted by Crippen LogP contribution is 2.31. The van der Waals surface area contributed by atoms with Gasteiger partial charge in [0.2, 0.25) is 0 Å². The van der Waals surface area contributed by atoms with Crippen LogP contribution in [0.4, 0.5) is 10.6 Å². The molecule has 0 amide bonds. The Hall–Kier alpha value is -2.62. The van der Waals surface area contributed by atoms with Gasteiger partial charge in [0.1, 0.15) is 18.5 Å². The van der Waals surface area contributed by atoms with Crippen LogP contribution in [0.5, 0.6) is 0 Å². The Morgan fingerprint density at radius 3 is 2.81 bits per heavy atom. The third-order valence-electron chi connectivity index (χ3n) is 3.87. The molecule has 0 bridgehead atoms. The van der Waals surface area contributed by atoms with Crippen LogP contribution in [-0.4, -0.2) is 47.6 Å². The summed E-state index contributed by atoms with van der Waals surface area (Å²) >= 11 is 0. The number of rotatable bonds is 6. The molecule has 3 atom stereocenters. The fourth-order valence-electron chi connectivity index (χ4n) is 2.77. The Morgan fingerprint density at radius 2 is 2.19 bits per heavy atom. The zero-order chi connectivity index (χ0) is 19.3. The van der Waals surface area contributed by atoms with E-state index in [2.05, 4.69) is 9.72 Å². The minimum absolute atomic E-state index is 0.0973. The van der Waals surface area contributed by atoms with E-state index in [9.17, 15) is 14.4 Å². The van der Waals surface area contributed by atoms with E-state index < -0.39 is 36.3 Å². The number of aromatic nitrogens is 2. The smallest absolute Gasteiger partial charge is 0.458 e. The fourth-order valence-corrected chi connectivity index (χ4v) is 2.77. The maximum absolute atomic E-state index is 12.3. The number of aryl methyl sites for hydroxylation is 1. The average molecular weight is 369 g/mol. The molecule has 1 aliphatic rings. The van der Waals surface area contributed by atoms with Crippen molar-refractivity contribution in [2.45, 2.75) is 51.5 Å². The SMILES string of the molecule is CCCc1cn([C@@H]2O[C@H](COC(=O)OC)C[C@H]2OC(C)=O)c(=O)nc1N. The topological polar surface area (TPSA) is 132 Å². The zero-order valence-corrected chi connectivity index (χ0v) is 15.0. The molecule has 1 aliphatic heterocycles. The quantitative estimate of drug-likeness (QED) is 0.722. The van der Waals surface area contributed by atoms with Gasteiger partial charge in [-0.15, -0.1) is 0 Å². The first kappa shape index (κ1) is 19.7. The summed E-state index contributed by atoms with van der Waals surface area (Å²) in [7, 11) is 1.19. The van der Waals surface area contributed by atoms with Gasteiger partial charge in [-0.1, -0.05) is 13.3 Å². The molecule has 0 unspecified atom stereocenters. The van der Waals surface area contributed by atoms with Crippen molar-refractivity contribution in [2.24, 2.45) is 0 Å². The molecule has 10 nitrogen and oxygen atoms in total. The summed E-state index contributed by atoms with van der Waals surface area (Å²) in [5, 5.41) is 0. The first-order chi connectivity index (χ1) is 12.3. The molecule has 0 aromatic carbocycles. The van der Waals surface area contributed by atoms with Gasteiger partial charge in [-0.3, -0.25) is 9.36 Å². The van der Waals surface area contributed by atoms with Gasteiger partial charge in [0.05, 0.1) is 13.2 Å². The van der Waals surface area contributed by atoms with Crippen molar-refractivity contribution in [3.63, 3.8) is 0 Å². The number of nitrogen functional groups attached to an aromatic ring is 1. The predicted octanol–water partition coefficient (Wildman–Crippen LogP) is 0.780. The molecular weight excluding hydrogens is 346 g/mol. The van der Waals surface area contributed by atoms with E-state index in [1.165, 1.54) is 18.6 Å². The van der Waals surface area contributed by atoms with Gasteiger partial charge in [-0.2, -0.15) is 4.98 Å². The van der Waals surface area contributed by atoms with Gasteiger partial charge in [-0.25, -0.2) is 9.59 Å². The van der Waals surface area contributed by atoms with Crippen molar-refractivity contribution in [1.82, 2.24) is 9.55 Å². The van der Waals surface area contributed by atoms with Crippen molar-refractivity contribution >= 4 is 17.9 Å². The summed E-state index contributed by atoms with van der Waals surface area (Å²) in [6.07, 6.45) is 0.246. The minimum Gasteiger partial charge on any atom is -0.458 e. The van der Waals surface area contributed by atoms with E-state index in [-0.39, 0.29) is 18.8 Å². The van der Waals surface area contributed by atoms with Crippen LogP contribution < -0.4 is 11.4 Å². The first-order valence-electron chi connectivity index (χ1n) is 8.26. The second-order valence-corrected chi connectivity index (χ2v) is 5.89. The maximum Gasteiger partial charge on any atom is 0.508 e. The lowest BCUT2D eigenvalue weighted by molar-refractivity contribution is -0.152. The number of hydrogen-bond donors (Lipinski definition) is 1. The van der Waals surface area contributed by atoms with Gasteiger partial charge >= 0.3 is 17.8 Å². The lowest BCUT2D eigenvalue weighted by atomic mass is 10.1. The third kappa shape index (κ3) is 4.72. The molecule has 1 aromatic heterocycles. The van der Waals surface area contributed by atoms with Gasteiger partial charge in [0, 0.05) is 25.1 Å². The first-order valence-corrected chi connectivity index (χ1v) is 8.26. The molecule has 2 N–H and O–H groups in total. The van der Waals surface area contributed by atoms with Crippen molar-refractivity contribution in [2.75, 3.05) is 19.5 Å². The Labute approximate surface area is 150 Å². The number of nitrogens with two attached hydrogens (primary N) is 1. The lowest BCUT2D eigenvalue weighted by Gasteiger charge is -2.21. The number of nitrogens with zero attached hydrogens (tertiary/aromatic N) is 2. The highest BCUT2D eigenvalue weighted by atomic mass is 16.7. The molecule has 1 fully saturated rings. The van der Waals surface area contributed by atoms with Crippen molar-refractivity contribution < 1.29 is 28.5 Å². The lowest BCUT2D eigenvalue weighted by Crippen LogP contribution is -2.34. The Morgan fingerprint density at radius 1 is 1.46 bits per heavy atom. The number of ether oxygens (including phenoxy) is 4. The summed E-state index contributed by atoms with van der Waals surface area (Å²) in [6, 6.07) is 0. The maximum atomic E-state index is 12.3. The van der Waals surface area contributed by atoms with E-state index in [0.29, 0.717) is 12.0 Å². The van der Waals surface area contributed by atoms with Crippen LogP contribution in [0.25, 0.3) is 0 Å². The fraction of sp³-hybridized carbons (Fsp3) is 0.625. The summed E-state index contributed by atoms with van der Waals surface area (Å²) in [6.45, 7) is 3.14. The van der Waals surface area contributed by atoms with Crippen LogP contribution >= 0.6 is 0 Å². The summed E-state index contributed by atoms with van der Waals surface area (Å²) in [5.41, 5.74) is 5.88. The highest BCUT2D eigenvalue weighted by Gasteiger charge is 2.40. The Balaban J connectivity index is 2.26. The van der Waals surface area contributed by atoms with Crippen LogP contribution in [0.3, 0.4) is 0 Å². The number of carbonyl (C=O) groups excluding carboxylic acids is 2. The van der Waals surface area contributed by atoms with Crippen molar-refractivity contribution in [3.8, 4) is 0 Å². The molecule has 0 saturated carbocycles. The van der Waals surface area contributed by atoms with E-state index in [1.54, 1.807) is 6.20 Å². The molecule has 1 saturated heterocycles. The molecule has 0 spiro atoms. The molecular formula is C16H23N3O7. The van der Waals surface area contributed by atoms with Crippen LogP contribution in [0.2, 0.25) is 0 Å². The summed E-state index contributed by atoms with van der Waals surface area (Å²) < 4.78 is 21.6. The average Bonchev–Trinajstić information content (AvgIpc) is 2.97. The molecule has 0 radical (unpaired) electrons. The van der Waals surface area contributed by atoms with Gasteiger partial charge in [0.15, 0.2) is 6.23 Å². The van der Waals surface area contributed by atoms with E-state index >= 15 is 0 Å². The molecule has 2 heterocycles. The largest absolute Gasteiger partial charge is 0.508 e. The minimum atomic E-state index is -0.888. The second-order valence-electron chi connectivity index (χ2n) is 5.89. The second kappa shape index (κ2) is 8.65. The van der Waals surface area contributed by atoms with Crippen molar-refractivity contribution in [1.29, 1.82) is 0 Å². The number of hydrogen-bond acceptors (Lipinski definition) is 9. The Kier molecular flexibility index (Phi) is 6.56. The van der Waals surface area contributed by atoms with Crippen LogP contribution in [0, 0.1) is 0 Å². The standard InChI is InChI=1S/C16H23N3O7/c1-4-5-10-7-19(15(21)18-13(10)17)14-12(25-9(2)20)6-11(26-14)8-24-16(22)23-3/h7,11-12,14H,4-6,8H2,1-3H3,(H2,17,18,21)/t11-,12+,14+/m0/s1. The molecule has 10 heteroatoms. The molecule has 26 heavy (non-hydrogen) atoms. The van der Waals surface area contributed by atoms with Crippen LogP contribution in [0.1, 0.15) is 38.5 Å². The van der Waals surface area contributed by atoms with Gasteiger partial charge in [0.25, 0.3) is 0 Å². The number of esters is 1. The van der Waals surface area contributed by atoms with E-state index in [0.717, 1.165) is 6.42 Å². The van der Waals surface area contributed by atoms with Gasteiger partial charge < -0.3 is 24.7 Å². The van der Waals surface area contributed by atoms with E-state index in [1.807, 2.05) is 6.92 Å². The van der Waals surface area contributed by atoms with Crippen molar-refractivity contribution in [3.05, 3.63) is 22.2 Å². The molecule has 1 aromatic rings. The predicted molar refractivity (Wildman–Crippen MR) is 89.3 cm³/mol. The molecule has 144 valence electrons. The number of anilines is 1. The molecule has 2 rings (SSSR count). The number of carbonyl (C=O) groups is 2. The highest BCUT2D eigenvalue weighted by molar-refractivity contribution is 5.66. The normalized spacial score (nSPS) is 22.0. The summed E-state index contributed by atoms with van der Waals surface area (Å²) in [4.78, 5) is 38.6. The number of methoxy groups -OCH3 is 1. The van der Waals surface area contributed by atoms with Crippen LogP contribution in [-0.2, 0) is 30.2 Å². The summed E-state index contributed by atoms with van der Waals surface area (Å²) in [5.74, 6) is -0.343.